The maximum Gasteiger partial charge on any atom is 0.196 e. The number of furan rings is 1. The highest BCUT2D eigenvalue weighted by Crippen LogP contribution is 2.32. The van der Waals surface area contributed by atoms with E-state index in [2.05, 4.69) is 19.8 Å². The van der Waals surface area contributed by atoms with Gasteiger partial charge in [0.15, 0.2) is 11.4 Å². The average molecular weight is 348 g/mol. The predicted molar refractivity (Wildman–Crippen MR) is 100 cm³/mol. The molecule has 0 N–H and O–H groups in total. The third kappa shape index (κ3) is 2.37. The van der Waals surface area contributed by atoms with Crippen molar-refractivity contribution in [2.75, 3.05) is 36.0 Å². The van der Waals surface area contributed by atoms with Gasteiger partial charge in [-0.15, -0.1) is 0 Å². The van der Waals surface area contributed by atoms with E-state index in [1.165, 1.54) is 6.07 Å². The fourth-order valence-electron chi connectivity index (χ4n) is 3.60. The van der Waals surface area contributed by atoms with Crippen LogP contribution in [0.15, 0.2) is 59.3 Å². The molecule has 3 heterocycles. The van der Waals surface area contributed by atoms with Crippen molar-refractivity contribution in [2.24, 2.45) is 0 Å². The Labute approximate surface area is 149 Å². The third-order valence-electron chi connectivity index (χ3n) is 4.91. The molecule has 0 unspecified atom stereocenters. The van der Waals surface area contributed by atoms with E-state index in [9.17, 15) is 4.39 Å². The lowest BCUT2D eigenvalue weighted by Gasteiger charge is -2.36. The summed E-state index contributed by atoms with van der Waals surface area (Å²) in [5.41, 5.74) is 3.02. The smallest absolute Gasteiger partial charge is 0.196 e. The van der Waals surface area contributed by atoms with Gasteiger partial charge in [0.2, 0.25) is 0 Å². The van der Waals surface area contributed by atoms with Gasteiger partial charge < -0.3 is 14.2 Å². The van der Waals surface area contributed by atoms with Crippen molar-refractivity contribution in [3.63, 3.8) is 0 Å². The van der Waals surface area contributed by atoms with E-state index in [-0.39, 0.29) is 5.82 Å². The molecule has 1 aliphatic heterocycles. The number of hydrogen-bond acceptors (Lipinski definition) is 5. The number of piperazine rings is 1. The number of nitrogens with zero attached hydrogens (tertiary/aromatic N) is 4. The summed E-state index contributed by atoms with van der Waals surface area (Å²) in [6.07, 6.45) is 1.59. The molecule has 0 bridgehead atoms. The molecule has 0 radical (unpaired) electrons. The molecular formula is C20H17FN4O. The zero-order valence-corrected chi connectivity index (χ0v) is 14.1. The van der Waals surface area contributed by atoms with E-state index in [1.807, 2.05) is 36.4 Å². The van der Waals surface area contributed by atoms with Gasteiger partial charge in [0.25, 0.3) is 0 Å². The van der Waals surface area contributed by atoms with Crippen molar-refractivity contribution in [2.45, 2.75) is 0 Å². The fraction of sp³-hybridized carbons (Fsp3) is 0.200. The number of rotatable bonds is 2. The third-order valence-corrected chi connectivity index (χ3v) is 4.91. The van der Waals surface area contributed by atoms with Gasteiger partial charge in [0, 0.05) is 31.6 Å². The second kappa shape index (κ2) is 5.98. The second-order valence-corrected chi connectivity index (χ2v) is 6.40. The first-order valence-electron chi connectivity index (χ1n) is 8.68. The maximum atomic E-state index is 14.0. The molecule has 1 aliphatic rings. The highest BCUT2D eigenvalue weighted by Gasteiger charge is 2.23. The van der Waals surface area contributed by atoms with Gasteiger partial charge >= 0.3 is 0 Å². The minimum Gasteiger partial charge on any atom is -0.450 e. The van der Waals surface area contributed by atoms with Crippen LogP contribution >= 0.6 is 0 Å². The summed E-state index contributed by atoms with van der Waals surface area (Å²) in [4.78, 5) is 13.1. The minimum atomic E-state index is -0.178. The summed E-state index contributed by atoms with van der Waals surface area (Å²) in [5, 5.41) is 0.996. The summed E-state index contributed by atoms with van der Waals surface area (Å²) in [6, 6.07) is 14.8. The quantitative estimate of drug-likeness (QED) is 0.551. The monoisotopic (exact) mass is 348 g/mol. The molecule has 5 rings (SSSR count). The number of fused-ring (bicyclic) bond motifs is 3. The Morgan fingerprint density at radius 1 is 0.846 bits per heavy atom. The van der Waals surface area contributed by atoms with Gasteiger partial charge in [0.05, 0.1) is 5.69 Å². The first-order valence-corrected chi connectivity index (χ1v) is 8.68. The van der Waals surface area contributed by atoms with Crippen LogP contribution in [0.5, 0.6) is 0 Å². The molecule has 4 aromatic rings. The predicted octanol–water partition coefficient (Wildman–Crippen LogP) is 3.84. The van der Waals surface area contributed by atoms with E-state index in [0.29, 0.717) is 11.3 Å². The van der Waals surface area contributed by atoms with Crippen molar-refractivity contribution in [3.05, 3.63) is 60.7 Å². The molecule has 26 heavy (non-hydrogen) atoms. The Morgan fingerprint density at radius 3 is 2.42 bits per heavy atom. The SMILES string of the molecule is Fc1ccccc1N1CCN(c2ncnc3c2oc2ccccc23)CC1. The number of benzene rings is 2. The molecule has 5 nitrogen and oxygen atoms in total. The number of aromatic nitrogens is 2. The van der Waals surface area contributed by atoms with E-state index in [4.69, 9.17) is 4.42 Å². The molecule has 0 aliphatic carbocycles. The molecular weight excluding hydrogens is 331 g/mol. The molecule has 0 saturated carbocycles. The Hall–Kier alpha value is -3.15. The summed E-state index contributed by atoms with van der Waals surface area (Å²) < 4.78 is 20.1. The Balaban J connectivity index is 1.46. The molecule has 0 atom stereocenters. The summed E-state index contributed by atoms with van der Waals surface area (Å²) in [5.74, 6) is 0.627. The lowest BCUT2D eigenvalue weighted by molar-refractivity contribution is 0.593. The number of para-hydroxylation sites is 2. The van der Waals surface area contributed by atoms with Gasteiger partial charge in [-0.05, 0) is 24.3 Å². The molecule has 2 aromatic heterocycles. The van der Waals surface area contributed by atoms with Gasteiger partial charge in [-0.2, -0.15) is 0 Å². The number of anilines is 2. The Bertz CT molecular complexity index is 1090. The van der Waals surface area contributed by atoms with Gasteiger partial charge in [-0.3, -0.25) is 0 Å². The van der Waals surface area contributed by atoms with Crippen LogP contribution in [0.1, 0.15) is 0 Å². The van der Waals surface area contributed by atoms with Crippen molar-refractivity contribution >= 4 is 33.6 Å². The second-order valence-electron chi connectivity index (χ2n) is 6.40. The van der Waals surface area contributed by atoms with Crippen LogP contribution in [0.25, 0.3) is 22.1 Å². The van der Waals surface area contributed by atoms with Crippen LogP contribution in [0.3, 0.4) is 0 Å². The van der Waals surface area contributed by atoms with E-state index >= 15 is 0 Å². The standard InChI is InChI=1S/C20H17FN4O/c21-15-6-2-3-7-16(15)24-9-11-25(12-10-24)20-19-18(22-13-23-20)14-5-1-4-8-17(14)26-19/h1-8,13H,9-12H2. The Kier molecular flexibility index (Phi) is 3.48. The molecule has 6 heteroatoms. The van der Waals surface area contributed by atoms with Crippen molar-refractivity contribution < 1.29 is 8.81 Å². The molecule has 130 valence electrons. The highest BCUT2D eigenvalue weighted by atomic mass is 19.1. The normalized spacial score (nSPS) is 15.1. The first-order chi connectivity index (χ1) is 12.8. The summed E-state index contributed by atoms with van der Waals surface area (Å²) in [7, 11) is 0. The molecule has 2 aromatic carbocycles. The first kappa shape index (κ1) is 15.1. The van der Waals surface area contributed by atoms with Crippen LogP contribution in [0.4, 0.5) is 15.9 Å². The van der Waals surface area contributed by atoms with E-state index in [0.717, 1.165) is 48.5 Å². The van der Waals surface area contributed by atoms with Crippen LogP contribution in [0, 0.1) is 5.82 Å². The van der Waals surface area contributed by atoms with Gasteiger partial charge in [-0.25, -0.2) is 14.4 Å². The molecule has 0 spiro atoms. The van der Waals surface area contributed by atoms with Crippen LogP contribution in [0.2, 0.25) is 0 Å². The van der Waals surface area contributed by atoms with E-state index < -0.39 is 0 Å². The van der Waals surface area contributed by atoms with Gasteiger partial charge in [-0.1, -0.05) is 24.3 Å². The van der Waals surface area contributed by atoms with Crippen LogP contribution in [-0.4, -0.2) is 36.1 Å². The Morgan fingerprint density at radius 2 is 1.58 bits per heavy atom. The number of halogens is 1. The van der Waals surface area contributed by atoms with E-state index in [1.54, 1.807) is 12.4 Å². The van der Waals surface area contributed by atoms with Crippen molar-refractivity contribution in [1.29, 1.82) is 0 Å². The summed E-state index contributed by atoms with van der Waals surface area (Å²) in [6.45, 7) is 2.95. The maximum absolute atomic E-state index is 14.0. The average Bonchev–Trinajstić information content (AvgIpc) is 3.07. The van der Waals surface area contributed by atoms with Crippen molar-refractivity contribution in [1.82, 2.24) is 9.97 Å². The molecule has 1 saturated heterocycles. The topological polar surface area (TPSA) is 45.4 Å². The minimum absolute atomic E-state index is 0.178. The highest BCUT2D eigenvalue weighted by molar-refractivity contribution is 6.05. The molecule has 1 fully saturated rings. The largest absolute Gasteiger partial charge is 0.450 e. The van der Waals surface area contributed by atoms with Crippen LogP contribution in [-0.2, 0) is 0 Å². The van der Waals surface area contributed by atoms with Crippen LogP contribution < -0.4 is 9.80 Å². The lowest BCUT2D eigenvalue weighted by Crippen LogP contribution is -2.47. The van der Waals surface area contributed by atoms with Crippen molar-refractivity contribution in [3.8, 4) is 0 Å². The molecule has 0 amide bonds. The number of hydrogen-bond donors (Lipinski definition) is 0. The summed E-state index contributed by atoms with van der Waals surface area (Å²) >= 11 is 0. The lowest BCUT2D eigenvalue weighted by atomic mass is 10.2. The zero-order chi connectivity index (χ0) is 17.5. The fourth-order valence-corrected chi connectivity index (χ4v) is 3.60. The zero-order valence-electron chi connectivity index (χ0n) is 14.1. The van der Waals surface area contributed by atoms with Gasteiger partial charge in [0.1, 0.15) is 23.2 Å².